The van der Waals surface area contributed by atoms with E-state index < -0.39 is 11.6 Å². The summed E-state index contributed by atoms with van der Waals surface area (Å²) in [7, 11) is 1.66. The molecule has 8 heteroatoms. The van der Waals surface area contributed by atoms with Crippen LogP contribution in [0.4, 0.5) is 8.78 Å². The van der Waals surface area contributed by atoms with Crippen LogP contribution in [0.5, 0.6) is 11.5 Å². The van der Waals surface area contributed by atoms with E-state index in [1.165, 1.54) is 16.7 Å². The molecule has 1 N–H and O–H groups in total. The van der Waals surface area contributed by atoms with Gasteiger partial charge in [-0.25, -0.2) is 13.8 Å². The Bertz CT molecular complexity index is 1360. The van der Waals surface area contributed by atoms with Crippen molar-refractivity contribution in [2.75, 3.05) is 13.2 Å². The number of nitrogens with one attached hydrogen (secondary N) is 1. The highest BCUT2D eigenvalue weighted by atomic mass is 19.2. The van der Waals surface area contributed by atoms with E-state index in [1.54, 1.807) is 19.3 Å². The lowest BCUT2D eigenvalue weighted by atomic mass is 10.00. The molecule has 164 valence electrons. The van der Waals surface area contributed by atoms with Gasteiger partial charge in [-0.15, -0.1) is 0 Å². The van der Waals surface area contributed by atoms with E-state index in [2.05, 4.69) is 4.98 Å². The monoisotopic (exact) mass is 437 g/mol. The fraction of sp³-hybridized carbons (Fsp3) is 0.250. The summed E-state index contributed by atoms with van der Waals surface area (Å²) in [5, 5.41) is 0. The first kappa shape index (κ1) is 20.4. The maximum absolute atomic E-state index is 13.8. The molecule has 5 rings (SSSR count). The Morgan fingerprint density at radius 2 is 1.91 bits per heavy atom. The molecule has 0 unspecified atom stereocenters. The largest absolute Gasteiger partial charge is 0.454 e. The van der Waals surface area contributed by atoms with Gasteiger partial charge in [-0.3, -0.25) is 4.79 Å². The summed E-state index contributed by atoms with van der Waals surface area (Å²) < 4.78 is 40.3. The fourth-order valence-corrected chi connectivity index (χ4v) is 3.98. The van der Waals surface area contributed by atoms with Gasteiger partial charge in [-0.05, 0) is 43.2 Å². The van der Waals surface area contributed by atoms with E-state index in [-0.39, 0.29) is 17.2 Å². The normalized spacial score (nSPS) is 14.7. The van der Waals surface area contributed by atoms with Gasteiger partial charge in [-0.1, -0.05) is 0 Å². The molecule has 3 heterocycles. The Morgan fingerprint density at radius 1 is 1.09 bits per heavy atom. The molecule has 0 saturated carbocycles. The van der Waals surface area contributed by atoms with E-state index in [0.717, 1.165) is 41.9 Å². The minimum Gasteiger partial charge on any atom is -0.454 e. The molecule has 0 aliphatic carbocycles. The van der Waals surface area contributed by atoms with Crippen molar-refractivity contribution in [1.82, 2.24) is 14.5 Å². The van der Waals surface area contributed by atoms with E-state index >= 15 is 0 Å². The molecule has 0 spiro atoms. The summed E-state index contributed by atoms with van der Waals surface area (Å²) in [6.45, 7) is 1.37. The molecular weight excluding hydrogens is 416 g/mol. The number of hydrogen-bond acceptors (Lipinski definition) is 4. The number of rotatable bonds is 4. The summed E-state index contributed by atoms with van der Waals surface area (Å²) in [6.07, 6.45) is 3.44. The second-order valence-corrected chi connectivity index (χ2v) is 7.89. The van der Waals surface area contributed by atoms with E-state index in [0.29, 0.717) is 30.0 Å². The highest BCUT2D eigenvalue weighted by Crippen LogP contribution is 2.40. The van der Waals surface area contributed by atoms with Crippen molar-refractivity contribution in [1.29, 1.82) is 0 Å². The number of benzene rings is 2. The van der Waals surface area contributed by atoms with Gasteiger partial charge in [0.05, 0.1) is 5.52 Å². The molecule has 1 fully saturated rings. The number of halogens is 2. The number of hydrogen-bond donors (Lipinski definition) is 1. The van der Waals surface area contributed by atoms with Gasteiger partial charge in [0.2, 0.25) is 5.56 Å². The van der Waals surface area contributed by atoms with Gasteiger partial charge in [0, 0.05) is 55.6 Å². The second kappa shape index (κ2) is 8.20. The van der Waals surface area contributed by atoms with Crippen LogP contribution >= 0.6 is 0 Å². The van der Waals surface area contributed by atoms with Gasteiger partial charge >= 0.3 is 0 Å². The molecule has 1 saturated heterocycles. The predicted molar refractivity (Wildman–Crippen MR) is 116 cm³/mol. The number of pyridine rings is 1. The molecule has 6 nitrogen and oxygen atoms in total. The molecule has 0 atom stereocenters. The number of aryl methyl sites for hydroxylation is 1. The standard InChI is InChI=1S/C24H21F2N3O3/c1-29-13-15(2-7-21(29)30)17-4-6-20-22(28-24(27-20)14-8-10-31-11-9-14)23(17)32-16-3-5-18(25)19(26)12-16/h2-7,12-14H,8-11H2,1H3,(H,27,28). The minimum atomic E-state index is -0.997. The van der Waals surface area contributed by atoms with Crippen LogP contribution in [0.2, 0.25) is 0 Å². The molecular formula is C24H21F2N3O3. The summed E-state index contributed by atoms with van der Waals surface area (Å²) in [4.78, 5) is 20.1. The highest BCUT2D eigenvalue weighted by molar-refractivity contribution is 5.91. The number of H-pyrrole nitrogens is 1. The quantitative estimate of drug-likeness (QED) is 0.493. The van der Waals surface area contributed by atoms with Crippen molar-refractivity contribution in [3.63, 3.8) is 0 Å². The Labute approximate surface area is 182 Å². The van der Waals surface area contributed by atoms with Crippen molar-refractivity contribution < 1.29 is 18.3 Å². The first-order chi connectivity index (χ1) is 15.5. The van der Waals surface area contributed by atoms with Crippen LogP contribution in [0.1, 0.15) is 24.6 Å². The van der Waals surface area contributed by atoms with Crippen LogP contribution in [0.3, 0.4) is 0 Å². The first-order valence-electron chi connectivity index (χ1n) is 10.4. The van der Waals surface area contributed by atoms with Gasteiger partial charge < -0.3 is 19.0 Å². The Kier molecular flexibility index (Phi) is 5.22. The summed E-state index contributed by atoms with van der Waals surface area (Å²) in [6, 6.07) is 10.3. The predicted octanol–water partition coefficient (Wildman–Crippen LogP) is 4.89. The van der Waals surface area contributed by atoms with Crippen LogP contribution in [-0.2, 0) is 11.8 Å². The molecule has 4 aromatic rings. The van der Waals surface area contributed by atoms with E-state index in [4.69, 9.17) is 14.5 Å². The van der Waals surface area contributed by atoms with Crippen molar-refractivity contribution in [2.45, 2.75) is 18.8 Å². The zero-order chi connectivity index (χ0) is 22.2. The topological polar surface area (TPSA) is 69.1 Å². The molecule has 2 aromatic heterocycles. The maximum Gasteiger partial charge on any atom is 0.250 e. The zero-order valence-corrected chi connectivity index (χ0v) is 17.4. The lowest BCUT2D eigenvalue weighted by Gasteiger charge is -2.19. The van der Waals surface area contributed by atoms with Crippen LogP contribution in [0.15, 0.2) is 53.5 Å². The Balaban J connectivity index is 1.67. The summed E-state index contributed by atoms with van der Waals surface area (Å²) >= 11 is 0. The van der Waals surface area contributed by atoms with Crippen LogP contribution in [-0.4, -0.2) is 27.7 Å². The van der Waals surface area contributed by atoms with Crippen molar-refractivity contribution in [3.05, 3.63) is 76.5 Å². The lowest BCUT2D eigenvalue weighted by molar-refractivity contribution is 0.0838. The summed E-state index contributed by atoms with van der Waals surface area (Å²) in [5.74, 6) is -0.303. The third kappa shape index (κ3) is 3.78. The van der Waals surface area contributed by atoms with E-state index in [9.17, 15) is 13.6 Å². The average molecular weight is 437 g/mol. The third-order valence-electron chi connectivity index (χ3n) is 5.74. The van der Waals surface area contributed by atoms with Crippen molar-refractivity contribution in [2.24, 2.45) is 7.05 Å². The number of nitrogens with zero attached hydrogens (tertiary/aromatic N) is 2. The van der Waals surface area contributed by atoms with Crippen molar-refractivity contribution in [3.8, 4) is 22.6 Å². The molecule has 0 radical (unpaired) electrons. The van der Waals surface area contributed by atoms with Crippen LogP contribution in [0, 0.1) is 11.6 Å². The number of aromatic nitrogens is 3. The summed E-state index contributed by atoms with van der Waals surface area (Å²) in [5.41, 5.74) is 2.64. The smallest absolute Gasteiger partial charge is 0.250 e. The fourth-order valence-electron chi connectivity index (χ4n) is 3.98. The van der Waals surface area contributed by atoms with Gasteiger partial charge in [-0.2, -0.15) is 0 Å². The van der Waals surface area contributed by atoms with Gasteiger partial charge in [0.15, 0.2) is 17.4 Å². The Hall–Kier alpha value is -3.52. The molecule has 1 aliphatic heterocycles. The second-order valence-electron chi connectivity index (χ2n) is 7.89. The molecule has 0 bridgehead atoms. The SMILES string of the molecule is Cn1cc(-c2ccc3[nH]c(C4CCOCC4)nc3c2Oc2ccc(F)c(F)c2)ccc1=O. The minimum absolute atomic E-state index is 0.139. The number of imidazole rings is 1. The molecule has 0 amide bonds. The van der Waals surface area contributed by atoms with Crippen LogP contribution < -0.4 is 10.3 Å². The lowest BCUT2D eigenvalue weighted by Crippen LogP contribution is -2.15. The average Bonchev–Trinajstić information content (AvgIpc) is 3.24. The molecule has 32 heavy (non-hydrogen) atoms. The number of fused-ring (bicyclic) bond motifs is 1. The molecule has 1 aliphatic rings. The zero-order valence-electron chi connectivity index (χ0n) is 17.4. The van der Waals surface area contributed by atoms with E-state index in [1.807, 2.05) is 12.1 Å². The van der Waals surface area contributed by atoms with Gasteiger partial charge in [0.25, 0.3) is 0 Å². The third-order valence-corrected chi connectivity index (χ3v) is 5.74. The van der Waals surface area contributed by atoms with Crippen LogP contribution in [0.25, 0.3) is 22.2 Å². The van der Waals surface area contributed by atoms with Gasteiger partial charge in [0.1, 0.15) is 17.1 Å². The van der Waals surface area contributed by atoms with Crippen molar-refractivity contribution >= 4 is 11.0 Å². The number of aromatic amines is 1. The Morgan fingerprint density at radius 3 is 2.66 bits per heavy atom. The molecule has 2 aromatic carbocycles. The number of ether oxygens (including phenoxy) is 2. The first-order valence-corrected chi connectivity index (χ1v) is 10.4. The maximum atomic E-state index is 13.8. The highest BCUT2D eigenvalue weighted by Gasteiger charge is 2.22.